The predicted octanol–water partition coefficient (Wildman–Crippen LogP) is 10.4. The van der Waals surface area contributed by atoms with Crippen molar-refractivity contribution < 1.29 is 28.5 Å². The van der Waals surface area contributed by atoms with Gasteiger partial charge >= 0.3 is 12.3 Å². The van der Waals surface area contributed by atoms with Gasteiger partial charge in [0.25, 0.3) is 0 Å². The Balaban J connectivity index is 1.29. The molecule has 6 nitrogen and oxygen atoms in total. The van der Waals surface area contributed by atoms with E-state index in [4.69, 9.17) is 18.9 Å². The third-order valence-electron chi connectivity index (χ3n) is 7.78. The Labute approximate surface area is 259 Å². The SMILES string of the molecule is CCCc1ccc2c(OC(=O)Oc3cccc4ccccc34)c3ccccc3c(OC(=O)Oc3cccc4ccccc34)c2c1. The molecule has 0 bridgehead atoms. The van der Waals surface area contributed by atoms with E-state index in [9.17, 15) is 9.59 Å². The van der Waals surface area contributed by atoms with Crippen LogP contribution in [0.15, 0.2) is 127 Å². The molecule has 0 aliphatic carbocycles. The van der Waals surface area contributed by atoms with E-state index < -0.39 is 12.3 Å². The summed E-state index contributed by atoms with van der Waals surface area (Å²) >= 11 is 0. The Morgan fingerprint density at radius 1 is 0.467 bits per heavy atom. The van der Waals surface area contributed by atoms with Gasteiger partial charge < -0.3 is 18.9 Å². The summed E-state index contributed by atoms with van der Waals surface area (Å²) in [6.07, 6.45) is 0.00313. The van der Waals surface area contributed by atoms with Gasteiger partial charge in [-0.05, 0) is 41.0 Å². The summed E-state index contributed by atoms with van der Waals surface area (Å²) in [6.45, 7) is 2.10. The first-order chi connectivity index (χ1) is 22.1. The van der Waals surface area contributed by atoms with Gasteiger partial charge in [-0.2, -0.15) is 0 Å². The number of hydrogen-bond donors (Lipinski definition) is 0. The Kier molecular flexibility index (Phi) is 7.46. The van der Waals surface area contributed by atoms with Crippen molar-refractivity contribution in [2.24, 2.45) is 0 Å². The van der Waals surface area contributed by atoms with Crippen molar-refractivity contribution >= 4 is 55.4 Å². The van der Waals surface area contributed by atoms with Crippen molar-refractivity contribution in [3.05, 3.63) is 133 Å². The minimum Gasteiger partial charge on any atom is -0.394 e. The number of ether oxygens (including phenoxy) is 4. The van der Waals surface area contributed by atoms with E-state index in [1.54, 1.807) is 12.1 Å². The number of carbonyl (C=O) groups excluding carboxylic acids is 2. The zero-order valence-electron chi connectivity index (χ0n) is 24.5. The van der Waals surface area contributed by atoms with Gasteiger partial charge in [0.05, 0.1) is 0 Å². The molecule has 7 rings (SSSR count). The maximum atomic E-state index is 13.3. The molecule has 220 valence electrons. The smallest absolute Gasteiger partial charge is 0.394 e. The second-order valence-electron chi connectivity index (χ2n) is 10.7. The van der Waals surface area contributed by atoms with Gasteiger partial charge in [0.1, 0.15) is 23.0 Å². The molecule has 7 aromatic carbocycles. The number of benzene rings is 7. The van der Waals surface area contributed by atoms with Gasteiger partial charge in [-0.25, -0.2) is 9.59 Å². The van der Waals surface area contributed by atoms with Crippen molar-refractivity contribution in [3.63, 3.8) is 0 Å². The van der Waals surface area contributed by atoms with Gasteiger partial charge in [-0.15, -0.1) is 0 Å². The first-order valence-corrected chi connectivity index (χ1v) is 14.8. The lowest BCUT2D eigenvalue weighted by Crippen LogP contribution is -2.16. The van der Waals surface area contributed by atoms with Crippen LogP contribution in [0.1, 0.15) is 18.9 Å². The molecule has 0 saturated carbocycles. The van der Waals surface area contributed by atoms with Crippen LogP contribution in [-0.2, 0) is 6.42 Å². The van der Waals surface area contributed by atoms with E-state index in [1.807, 2.05) is 115 Å². The maximum Gasteiger partial charge on any atom is 0.519 e. The predicted molar refractivity (Wildman–Crippen MR) is 177 cm³/mol. The third kappa shape index (κ3) is 5.50. The lowest BCUT2D eigenvalue weighted by molar-refractivity contribution is 0.151. The Hall–Kier alpha value is -5.88. The third-order valence-corrected chi connectivity index (χ3v) is 7.78. The second-order valence-corrected chi connectivity index (χ2v) is 10.7. The summed E-state index contributed by atoms with van der Waals surface area (Å²) in [5.74, 6) is 1.42. The van der Waals surface area contributed by atoms with Crippen LogP contribution in [0.4, 0.5) is 9.59 Å². The Bertz CT molecular complexity index is 2230. The van der Waals surface area contributed by atoms with Crippen LogP contribution in [0.25, 0.3) is 43.1 Å². The van der Waals surface area contributed by atoms with Crippen molar-refractivity contribution in [2.75, 3.05) is 0 Å². The summed E-state index contributed by atoms with van der Waals surface area (Å²) in [5.41, 5.74) is 1.05. The van der Waals surface area contributed by atoms with Crippen molar-refractivity contribution in [3.8, 4) is 23.0 Å². The first kappa shape index (κ1) is 27.9. The highest BCUT2D eigenvalue weighted by Crippen LogP contribution is 2.44. The van der Waals surface area contributed by atoms with E-state index in [0.29, 0.717) is 44.5 Å². The van der Waals surface area contributed by atoms with E-state index in [-0.39, 0.29) is 0 Å². The highest BCUT2D eigenvalue weighted by Gasteiger charge is 2.23. The molecule has 0 spiro atoms. The van der Waals surface area contributed by atoms with Crippen LogP contribution in [-0.4, -0.2) is 12.3 Å². The summed E-state index contributed by atoms with van der Waals surface area (Å²) < 4.78 is 23.4. The minimum absolute atomic E-state index is 0.309. The highest BCUT2D eigenvalue weighted by atomic mass is 16.7. The molecule has 0 aliphatic rings. The average Bonchev–Trinajstić information content (AvgIpc) is 3.07. The molecule has 0 aromatic heterocycles. The lowest BCUT2D eigenvalue weighted by atomic mass is 9.97. The number of hydrogen-bond acceptors (Lipinski definition) is 6. The van der Waals surface area contributed by atoms with Crippen molar-refractivity contribution in [1.29, 1.82) is 0 Å². The number of rotatable bonds is 6. The maximum absolute atomic E-state index is 13.3. The normalized spacial score (nSPS) is 11.1. The van der Waals surface area contributed by atoms with E-state index in [2.05, 4.69) is 6.92 Å². The average molecular weight is 593 g/mol. The van der Waals surface area contributed by atoms with Gasteiger partial charge in [0.15, 0.2) is 0 Å². The highest BCUT2D eigenvalue weighted by molar-refractivity contribution is 6.12. The molecule has 0 amide bonds. The summed E-state index contributed by atoms with van der Waals surface area (Å²) in [6, 6.07) is 39.5. The standard InChI is InChI=1S/C39H28O6/c1-2-11-25-22-23-32-33(24-25)37(45-39(41)43-35-21-10-15-27-13-4-6-17-29(27)35)31-19-8-7-18-30(31)36(32)44-38(40)42-34-20-9-14-26-12-3-5-16-28(26)34/h3-10,12-24H,2,11H2,1H3. The number of fused-ring (bicyclic) bond motifs is 4. The fourth-order valence-corrected chi connectivity index (χ4v) is 5.77. The number of aryl methyl sites for hydroxylation is 1. The van der Waals surface area contributed by atoms with Crippen LogP contribution in [0, 0.1) is 0 Å². The topological polar surface area (TPSA) is 71.1 Å². The van der Waals surface area contributed by atoms with Gasteiger partial charge in [-0.3, -0.25) is 0 Å². The monoisotopic (exact) mass is 592 g/mol. The van der Waals surface area contributed by atoms with Gasteiger partial charge in [0.2, 0.25) is 0 Å². The summed E-state index contributed by atoms with van der Waals surface area (Å²) in [5, 5.41) is 5.85. The zero-order valence-corrected chi connectivity index (χ0v) is 24.5. The van der Waals surface area contributed by atoms with Crippen LogP contribution < -0.4 is 18.9 Å². The fraction of sp³-hybridized carbons (Fsp3) is 0.0769. The molecule has 45 heavy (non-hydrogen) atoms. The molecule has 0 heterocycles. The van der Waals surface area contributed by atoms with Crippen molar-refractivity contribution in [1.82, 2.24) is 0 Å². The Morgan fingerprint density at radius 3 is 1.44 bits per heavy atom. The molecular weight excluding hydrogens is 564 g/mol. The lowest BCUT2D eigenvalue weighted by Gasteiger charge is -2.17. The zero-order chi connectivity index (χ0) is 30.8. The molecule has 0 radical (unpaired) electrons. The first-order valence-electron chi connectivity index (χ1n) is 14.8. The quantitative estimate of drug-likeness (QED) is 0.109. The molecule has 0 saturated heterocycles. The molecule has 0 unspecified atom stereocenters. The molecule has 0 fully saturated rings. The molecule has 6 heteroatoms. The molecule has 0 aliphatic heterocycles. The largest absolute Gasteiger partial charge is 0.519 e. The van der Waals surface area contributed by atoms with Crippen LogP contribution >= 0.6 is 0 Å². The molecular formula is C39H28O6. The minimum atomic E-state index is -0.875. The van der Waals surface area contributed by atoms with E-state index >= 15 is 0 Å². The van der Waals surface area contributed by atoms with Crippen LogP contribution in [0.2, 0.25) is 0 Å². The van der Waals surface area contributed by atoms with Crippen LogP contribution in [0.5, 0.6) is 23.0 Å². The van der Waals surface area contributed by atoms with Gasteiger partial charge in [-0.1, -0.05) is 123 Å². The summed E-state index contributed by atoms with van der Waals surface area (Å²) in [7, 11) is 0. The second kappa shape index (κ2) is 12.0. The van der Waals surface area contributed by atoms with Crippen molar-refractivity contribution in [2.45, 2.75) is 19.8 Å². The van der Waals surface area contributed by atoms with Crippen LogP contribution in [0.3, 0.4) is 0 Å². The van der Waals surface area contributed by atoms with E-state index in [1.165, 1.54) is 0 Å². The van der Waals surface area contributed by atoms with E-state index in [0.717, 1.165) is 39.9 Å². The molecule has 7 aromatic rings. The fourth-order valence-electron chi connectivity index (χ4n) is 5.77. The molecule has 0 N–H and O–H groups in total. The molecule has 0 atom stereocenters. The summed E-state index contributed by atoms with van der Waals surface area (Å²) in [4.78, 5) is 26.7. The Morgan fingerprint density at radius 2 is 0.911 bits per heavy atom. The number of carbonyl (C=O) groups is 2. The van der Waals surface area contributed by atoms with Gasteiger partial charge in [0, 0.05) is 32.3 Å².